The van der Waals surface area contributed by atoms with E-state index in [9.17, 15) is 8.42 Å². The predicted molar refractivity (Wildman–Crippen MR) is 124 cm³/mol. The molecule has 6 nitrogen and oxygen atoms in total. The normalized spacial score (nSPS) is 15.4. The highest BCUT2D eigenvalue weighted by Crippen LogP contribution is 2.47. The molecule has 0 radical (unpaired) electrons. The van der Waals surface area contributed by atoms with Gasteiger partial charge in [-0.25, -0.2) is 13.1 Å². The molecule has 1 aliphatic rings. The van der Waals surface area contributed by atoms with E-state index in [-0.39, 0.29) is 34.3 Å². The van der Waals surface area contributed by atoms with Gasteiger partial charge < -0.3 is 10.6 Å². The number of rotatable bonds is 7. The number of aliphatic imine (C=N–C) groups is 1. The van der Waals surface area contributed by atoms with Crippen LogP contribution >= 0.6 is 24.0 Å². The first-order valence-corrected chi connectivity index (χ1v) is 10.5. The van der Waals surface area contributed by atoms with Crippen molar-refractivity contribution in [2.75, 3.05) is 20.6 Å². The number of hydrogen-bond acceptors (Lipinski definition) is 3. The van der Waals surface area contributed by atoms with Gasteiger partial charge in [0.25, 0.3) is 0 Å². The lowest BCUT2D eigenvalue weighted by Crippen LogP contribution is -2.40. The Kier molecular flexibility index (Phi) is 7.85. The second-order valence-electron chi connectivity index (χ2n) is 6.78. The lowest BCUT2D eigenvalue weighted by Gasteiger charge is -2.19. The molecule has 8 heteroatoms. The van der Waals surface area contributed by atoms with Gasteiger partial charge in [-0.3, -0.25) is 4.99 Å². The standard InChI is InChI=1S/C20H26N4O2S.HI/c1-21-19(24-15-20(12-13-20)17-6-4-3-5-7-17)23-14-16-8-10-18(11-9-16)27(25,26)22-2;/h3-11,22H,12-15H2,1-2H3,(H2,21,23,24);1H. The van der Waals surface area contributed by atoms with E-state index in [1.807, 2.05) is 6.07 Å². The molecule has 0 heterocycles. The molecule has 0 bridgehead atoms. The minimum atomic E-state index is -3.40. The lowest BCUT2D eigenvalue weighted by atomic mass is 9.96. The number of hydrogen-bond donors (Lipinski definition) is 3. The van der Waals surface area contributed by atoms with Crippen molar-refractivity contribution in [3.63, 3.8) is 0 Å². The summed E-state index contributed by atoms with van der Waals surface area (Å²) in [5.41, 5.74) is 2.56. The maximum absolute atomic E-state index is 11.8. The number of nitrogens with one attached hydrogen (secondary N) is 3. The molecular formula is C20H27IN4O2S. The number of sulfonamides is 1. The molecule has 0 saturated heterocycles. The van der Waals surface area contributed by atoms with Crippen molar-refractivity contribution in [3.8, 4) is 0 Å². The van der Waals surface area contributed by atoms with Crippen LogP contribution in [0.4, 0.5) is 0 Å². The van der Waals surface area contributed by atoms with Gasteiger partial charge in [-0.1, -0.05) is 42.5 Å². The second kappa shape index (κ2) is 9.71. The SMILES string of the molecule is CN=C(NCc1ccc(S(=O)(=O)NC)cc1)NCC1(c2ccccc2)CC1.I. The fraction of sp³-hybridized carbons (Fsp3) is 0.350. The molecule has 152 valence electrons. The molecule has 0 amide bonds. The number of guanidine groups is 1. The summed E-state index contributed by atoms with van der Waals surface area (Å²) >= 11 is 0. The van der Waals surface area contributed by atoms with Gasteiger partial charge in [-0.05, 0) is 43.1 Å². The van der Waals surface area contributed by atoms with E-state index in [4.69, 9.17) is 0 Å². The zero-order valence-corrected chi connectivity index (χ0v) is 19.3. The highest BCUT2D eigenvalue weighted by molar-refractivity contribution is 14.0. The summed E-state index contributed by atoms with van der Waals surface area (Å²) in [6, 6.07) is 17.4. The highest BCUT2D eigenvalue weighted by Gasteiger charge is 2.43. The molecule has 0 aromatic heterocycles. The van der Waals surface area contributed by atoms with Gasteiger partial charge in [0.1, 0.15) is 0 Å². The van der Waals surface area contributed by atoms with Crippen molar-refractivity contribution in [1.82, 2.24) is 15.4 Å². The highest BCUT2D eigenvalue weighted by atomic mass is 127. The molecule has 0 spiro atoms. The number of benzene rings is 2. The van der Waals surface area contributed by atoms with Crippen molar-refractivity contribution >= 4 is 40.0 Å². The molecular weight excluding hydrogens is 487 g/mol. The molecule has 2 aromatic rings. The van der Waals surface area contributed by atoms with E-state index in [0.717, 1.165) is 18.1 Å². The van der Waals surface area contributed by atoms with Crippen LogP contribution in [0.3, 0.4) is 0 Å². The van der Waals surface area contributed by atoms with Crippen LogP contribution in [0.1, 0.15) is 24.0 Å². The van der Waals surface area contributed by atoms with E-state index in [1.54, 1.807) is 31.3 Å². The van der Waals surface area contributed by atoms with Gasteiger partial charge in [-0.2, -0.15) is 0 Å². The van der Waals surface area contributed by atoms with E-state index in [1.165, 1.54) is 25.5 Å². The molecule has 1 fully saturated rings. The van der Waals surface area contributed by atoms with Crippen LogP contribution in [0, 0.1) is 0 Å². The Hall–Kier alpha value is -1.65. The van der Waals surface area contributed by atoms with Crippen LogP contribution in [-0.2, 0) is 22.0 Å². The number of nitrogens with zero attached hydrogens (tertiary/aromatic N) is 1. The average molecular weight is 514 g/mol. The minimum Gasteiger partial charge on any atom is -0.356 e. The first-order valence-electron chi connectivity index (χ1n) is 9.02. The van der Waals surface area contributed by atoms with Crippen molar-refractivity contribution < 1.29 is 8.42 Å². The Balaban J connectivity index is 0.00000280. The summed E-state index contributed by atoms with van der Waals surface area (Å²) in [5.74, 6) is 0.740. The zero-order valence-electron chi connectivity index (χ0n) is 16.1. The van der Waals surface area contributed by atoms with Crippen LogP contribution < -0.4 is 15.4 Å². The summed E-state index contributed by atoms with van der Waals surface area (Å²) in [7, 11) is -0.246. The van der Waals surface area contributed by atoms with Crippen LogP contribution in [-0.4, -0.2) is 35.0 Å². The summed E-state index contributed by atoms with van der Waals surface area (Å²) in [5, 5.41) is 6.70. The molecule has 28 heavy (non-hydrogen) atoms. The largest absolute Gasteiger partial charge is 0.356 e. The summed E-state index contributed by atoms with van der Waals surface area (Å²) in [4.78, 5) is 4.55. The molecule has 1 saturated carbocycles. The van der Waals surface area contributed by atoms with E-state index in [0.29, 0.717) is 6.54 Å². The molecule has 2 aromatic carbocycles. The second-order valence-corrected chi connectivity index (χ2v) is 8.66. The third-order valence-electron chi connectivity index (χ3n) is 5.02. The van der Waals surface area contributed by atoms with Crippen LogP contribution in [0.5, 0.6) is 0 Å². The Labute approximate surface area is 184 Å². The Morgan fingerprint density at radius 3 is 2.21 bits per heavy atom. The van der Waals surface area contributed by atoms with Gasteiger partial charge >= 0.3 is 0 Å². The smallest absolute Gasteiger partial charge is 0.240 e. The lowest BCUT2D eigenvalue weighted by molar-refractivity contribution is 0.588. The third-order valence-corrected chi connectivity index (χ3v) is 6.45. The quantitative estimate of drug-likeness (QED) is 0.302. The van der Waals surface area contributed by atoms with E-state index in [2.05, 4.69) is 44.6 Å². The summed E-state index contributed by atoms with van der Waals surface area (Å²) < 4.78 is 25.9. The maximum atomic E-state index is 11.8. The van der Waals surface area contributed by atoms with Crippen molar-refractivity contribution in [3.05, 3.63) is 65.7 Å². The summed E-state index contributed by atoms with van der Waals surface area (Å²) in [6.07, 6.45) is 2.37. The third kappa shape index (κ3) is 5.45. The average Bonchev–Trinajstić information content (AvgIpc) is 3.50. The molecule has 0 unspecified atom stereocenters. The Morgan fingerprint density at radius 1 is 1.04 bits per heavy atom. The molecule has 1 aliphatic carbocycles. The Bertz CT molecular complexity index is 896. The molecule has 0 aliphatic heterocycles. The van der Waals surface area contributed by atoms with Crippen molar-refractivity contribution in [2.24, 2.45) is 4.99 Å². The van der Waals surface area contributed by atoms with Crippen molar-refractivity contribution in [1.29, 1.82) is 0 Å². The van der Waals surface area contributed by atoms with E-state index < -0.39 is 10.0 Å². The van der Waals surface area contributed by atoms with E-state index >= 15 is 0 Å². The van der Waals surface area contributed by atoms with Crippen LogP contribution in [0.15, 0.2) is 64.5 Å². The maximum Gasteiger partial charge on any atom is 0.240 e. The number of halogens is 1. The van der Waals surface area contributed by atoms with Crippen LogP contribution in [0.25, 0.3) is 0 Å². The van der Waals surface area contributed by atoms with Gasteiger partial charge in [0.05, 0.1) is 4.90 Å². The van der Waals surface area contributed by atoms with Crippen molar-refractivity contribution in [2.45, 2.75) is 29.7 Å². The zero-order chi connectivity index (χ0) is 19.3. The first kappa shape index (κ1) is 22.6. The first-order chi connectivity index (χ1) is 13.0. The minimum absolute atomic E-state index is 0. The van der Waals surface area contributed by atoms with Gasteiger partial charge in [0.15, 0.2) is 5.96 Å². The van der Waals surface area contributed by atoms with Gasteiger partial charge in [0, 0.05) is 25.6 Å². The molecule has 3 rings (SSSR count). The van der Waals surface area contributed by atoms with Crippen LogP contribution in [0.2, 0.25) is 0 Å². The topological polar surface area (TPSA) is 82.6 Å². The summed E-state index contributed by atoms with van der Waals surface area (Å²) in [6.45, 7) is 1.41. The van der Waals surface area contributed by atoms with Gasteiger partial charge in [-0.15, -0.1) is 24.0 Å². The fourth-order valence-electron chi connectivity index (χ4n) is 3.07. The fourth-order valence-corrected chi connectivity index (χ4v) is 3.80. The molecule has 0 atom stereocenters. The molecule has 3 N–H and O–H groups in total. The van der Waals surface area contributed by atoms with Gasteiger partial charge in [0.2, 0.25) is 10.0 Å². The Morgan fingerprint density at radius 2 is 1.68 bits per heavy atom. The monoisotopic (exact) mass is 514 g/mol. The predicted octanol–water partition coefficient (Wildman–Crippen LogP) is 2.61.